The van der Waals surface area contributed by atoms with Gasteiger partial charge in [-0.1, -0.05) is 32.0 Å². The van der Waals surface area contributed by atoms with Gasteiger partial charge in [-0.05, 0) is 43.4 Å². The number of fused-ring (bicyclic) bond motifs is 4. The van der Waals surface area contributed by atoms with Gasteiger partial charge in [-0.2, -0.15) is 14.7 Å². The number of ether oxygens (including phenoxy) is 2. The van der Waals surface area contributed by atoms with Crippen LogP contribution >= 0.6 is 0 Å². The number of benzene rings is 1. The molecule has 13 nitrogen and oxygen atoms in total. The first-order valence-electron chi connectivity index (χ1n) is 16.2. The number of H-pyrrole nitrogens is 1. The van der Waals surface area contributed by atoms with Crippen molar-refractivity contribution in [2.24, 2.45) is 0 Å². The lowest BCUT2D eigenvalue weighted by Crippen LogP contribution is -2.64. The van der Waals surface area contributed by atoms with Gasteiger partial charge in [0.2, 0.25) is 10.0 Å². The second kappa shape index (κ2) is 11.8. The second-order valence-electron chi connectivity index (χ2n) is 12.5. The Kier molecular flexibility index (Phi) is 7.89. The van der Waals surface area contributed by atoms with E-state index in [2.05, 4.69) is 51.2 Å². The van der Waals surface area contributed by atoms with Gasteiger partial charge in [-0.3, -0.25) is 4.68 Å². The quantitative estimate of drug-likeness (QED) is 0.215. The molecule has 1 aromatic carbocycles. The van der Waals surface area contributed by atoms with Crippen molar-refractivity contribution in [2.45, 2.75) is 63.6 Å². The molecule has 5 aromatic rings. The predicted octanol–water partition coefficient (Wildman–Crippen LogP) is 4.21. The van der Waals surface area contributed by atoms with Gasteiger partial charge in [0.25, 0.3) is 0 Å². The van der Waals surface area contributed by atoms with Crippen molar-refractivity contribution in [2.75, 3.05) is 32.6 Å². The number of aromatic amines is 1. The monoisotopic (exact) mass is 670 g/mol. The Morgan fingerprint density at radius 2 is 2.00 bits per heavy atom. The van der Waals surface area contributed by atoms with Crippen LogP contribution in [0.1, 0.15) is 56.5 Å². The van der Waals surface area contributed by atoms with Crippen molar-refractivity contribution < 1.29 is 22.7 Å². The van der Waals surface area contributed by atoms with Gasteiger partial charge in [0.15, 0.2) is 6.04 Å². The zero-order chi connectivity index (χ0) is 33.8. The summed E-state index contributed by atoms with van der Waals surface area (Å²) in [5.41, 5.74) is 4.23. The van der Waals surface area contributed by atoms with Crippen LogP contribution in [0.15, 0.2) is 49.2 Å². The van der Waals surface area contributed by atoms with Crippen LogP contribution in [-0.2, 0) is 48.3 Å². The molecule has 14 heteroatoms. The first kappa shape index (κ1) is 32.0. The number of sulfonamides is 1. The number of esters is 1. The maximum atomic E-state index is 13.9. The zero-order valence-corrected chi connectivity index (χ0v) is 28.2. The van der Waals surface area contributed by atoms with E-state index in [1.54, 1.807) is 24.0 Å². The molecule has 0 radical (unpaired) electrons. The molecular weight excluding hydrogens is 632 g/mol. The number of hydrogen-bond donors (Lipinski definition) is 1. The summed E-state index contributed by atoms with van der Waals surface area (Å²) >= 11 is 0. The molecule has 7 rings (SSSR count). The van der Waals surface area contributed by atoms with Crippen LogP contribution in [0.2, 0.25) is 0 Å². The normalized spacial score (nSPS) is 19.9. The number of nitrogens with zero attached hydrogens (tertiary/aromatic N) is 7. The summed E-state index contributed by atoms with van der Waals surface area (Å²) in [7, 11) is -2.00. The van der Waals surface area contributed by atoms with Crippen molar-refractivity contribution in [1.82, 2.24) is 33.6 Å². The summed E-state index contributed by atoms with van der Waals surface area (Å²) in [6, 6.07) is 9.48. The molecule has 2 aliphatic heterocycles. The Morgan fingerprint density at radius 1 is 1.19 bits per heavy atom. The fourth-order valence-corrected chi connectivity index (χ4v) is 8.81. The highest BCUT2D eigenvalue weighted by atomic mass is 32.2. The molecular formula is C34H38N8O5S. The highest BCUT2D eigenvalue weighted by molar-refractivity contribution is 7.89. The highest BCUT2D eigenvalue weighted by Gasteiger charge is 2.52. The number of aryl methyl sites for hydroxylation is 1. The highest BCUT2D eigenvalue weighted by Crippen LogP contribution is 2.48. The molecule has 48 heavy (non-hydrogen) atoms. The minimum atomic E-state index is -3.39. The summed E-state index contributed by atoms with van der Waals surface area (Å²) in [5, 5.41) is 16.0. The van der Waals surface area contributed by atoms with Crippen LogP contribution in [0.4, 0.5) is 0 Å². The molecule has 2 unspecified atom stereocenters. The van der Waals surface area contributed by atoms with Crippen molar-refractivity contribution in [3.63, 3.8) is 0 Å². The standard InChI is InChI=1S/C34H38N8O5S/c1-5-22-9-8-10-24-25-12-16-47-34(6-2,29(25)39-28(22)24)30(32(43)46-4)41-15-11-26-27(36-21-37-31(26)41)23-17-38-42(18-23)33(13-14-35)19-40(20-33)48(44,45)7-3/h8-11,15,17-18,21,30,39H,5-7,12-13,16,19-20H2,1-4H3. The van der Waals surface area contributed by atoms with Crippen molar-refractivity contribution in [3.8, 4) is 17.3 Å². The van der Waals surface area contributed by atoms with Gasteiger partial charge >= 0.3 is 5.97 Å². The van der Waals surface area contributed by atoms with Crippen LogP contribution in [0.3, 0.4) is 0 Å². The van der Waals surface area contributed by atoms with E-state index in [1.165, 1.54) is 23.3 Å². The third kappa shape index (κ3) is 4.67. The van der Waals surface area contributed by atoms with Crippen molar-refractivity contribution in [1.29, 1.82) is 5.26 Å². The molecule has 0 saturated carbocycles. The SMILES string of the molecule is CCc1cccc2c3c([nH]c12)C(CC)(C(C(=O)OC)n1ccc2c(-c4cnn(C5(CC#N)CN(S(=O)(=O)CC)C5)c4)ncnc21)OCC3. The smallest absolute Gasteiger partial charge is 0.332 e. The van der Waals surface area contributed by atoms with E-state index >= 15 is 0 Å². The van der Waals surface area contributed by atoms with E-state index < -0.39 is 33.2 Å². The fraction of sp³-hybridized carbons (Fsp3) is 0.441. The number of carbonyl (C=O) groups is 1. The minimum Gasteiger partial charge on any atom is -0.467 e. The molecule has 250 valence electrons. The van der Waals surface area contributed by atoms with Gasteiger partial charge in [0.1, 0.15) is 23.1 Å². The van der Waals surface area contributed by atoms with E-state index in [1.807, 2.05) is 23.8 Å². The molecule has 0 bridgehead atoms. The third-order valence-corrected chi connectivity index (χ3v) is 11.9. The molecule has 1 N–H and O–H groups in total. The van der Waals surface area contributed by atoms with Gasteiger partial charge in [-0.25, -0.2) is 23.2 Å². The van der Waals surface area contributed by atoms with E-state index in [9.17, 15) is 18.5 Å². The molecule has 1 saturated heterocycles. The Bertz CT molecular complexity index is 2190. The average Bonchev–Trinajstić information content (AvgIpc) is 3.84. The van der Waals surface area contributed by atoms with Crippen LogP contribution < -0.4 is 0 Å². The number of para-hydroxylation sites is 1. The summed E-state index contributed by atoms with van der Waals surface area (Å²) < 4.78 is 41.9. The largest absolute Gasteiger partial charge is 0.467 e. The van der Waals surface area contributed by atoms with Crippen LogP contribution in [0.25, 0.3) is 33.2 Å². The number of rotatable bonds is 10. The summed E-state index contributed by atoms with van der Waals surface area (Å²) in [6.07, 6.45) is 8.90. The zero-order valence-electron chi connectivity index (χ0n) is 27.4. The number of nitrogens with one attached hydrogen (secondary N) is 1. The Morgan fingerprint density at radius 3 is 2.71 bits per heavy atom. The average molecular weight is 671 g/mol. The number of hydrogen-bond acceptors (Lipinski definition) is 9. The topological polar surface area (TPSA) is 161 Å². The van der Waals surface area contributed by atoms with Crippen molar-refractivity contribution >= 4 is 37.9 Å². The lowest BCUT2D eigenvalue weighted by Gasteiger charge is -2.47. The summed E-state index contributed by atoms with van der Waals surface area (Å²) in [5.74, 6) is -0.464. The van der Waals surface area contributed by atoms with E-state index in [0.717, 1.165) is 35.0 Å². The molecule has 2 aliphatic rings. The van der Waals surface area contributed by atoms with E-state index in [0.29, 0.717) is 35.3 Å². The van der Waals surface area contributed by atoms with E-state index in [-0.39, 0.29) is 25.3 Å². The Balaban J connectivity index is 1.32. The second-order valence-corrected chi connectivity index (χ2v) is 14.8. The summed E-state index contributed by atoms with van der Waals surface area (Å²) in [6.45, 7) is 6.53. The predicted molar refractivity (Wildman–Crippen MR) is 178 cm³/mol. The molecule has 1 fully saturated rings. The van der Waals surface area contributed by atoms with E-state index in [4.69, 9.17) is 9.47 Å². The molecule has 2 atom stereocenters. The van der Waals surface area contributed by atoms with Crippen molar-refractivity contribution in [3.05, 3.63) is 66.0 Å². The fourth-order valence-electron chi connectivity index (χ4n) is 7.57. The van der Waals surface area contributed by atoms with Crippen LogP contribution in [0.5, 0.6) is 0 Å². The molecule has 0 amide bonds. The maximum Gasteiger partial charge on any atom is 0.332 e. The lowest BCUT2D eigenvalue weighted by atomic mass is 9.82. The number of methoxy groups -OCH3 is 1. The first-order valence-corrected chi connectivity index (χ1v) is 17.8. The summed E-state index contributed by atoms with van der Waals surface area (Å²) in [4.78, 5) is 26.8. The van der Waals surface area contributed by atoms with Gasteiger partial charge in [0.05, 0.1) is 49.5 Å². The Hall–Kier alpha value is -4.58. The molecule has 0 aliphatic carbocycles. The number of carbonyl (C=O) groups excluding carboxylic acids is 1. The first-order chi connectivity index (χ1) is 23.2. The number of aromatic nitrogens is 6. The molecule has 6 heterocycles. The Labute approximate surface area is 278 Å². The maximum absolute atomic E-state index is 13.9. The molecule has 0 spiro atoms. The minimum absolute atomic E-state index is 0.00576. The lowest BCUT2D eigenvalue weighted by molar-refractivity contribution is -0.164. The van der Waals surface area contributed by atoms with Crippen LogP contribution in [0, 0.1) is 11.3 Å². The van der Waals surface area contributed by atoms with Crippen LogP contribution in [-0.4, -0.2) is 80.6 Å². The van der Waals surface area contributed by atoms with Gasteiger partial charge in [0, 0.05) is 47.3 Å². The molecule has 4 aromatic heterocycles. The third-order valence-electron chi connectivity index (χ3n) is 10.2. The number of nitriles is 1. The van der Waals surface area contributed by atoms with Gasteiger partial charge < -0.3 is 19.0 Å². The van der Waals surface area contributed by atoms with Gasteiger partial charge in [-0.15, -0.1) is 0 Å².